The number of anilines is 6. The lowest BCUT2D eigenvalue weighted by atomic mass is 10.1. The van der Waals surface area contributed by atoms with Crippen molar-refractivity contribution >= 4 is 108 Å². The number of nitrogens with zero attached hydrogens (tertiary/aromatic N) is 12. The lowest BCUT2D eigenvalue weighted by Gasteiger charge is -2.29. The Morgan fingerprint density at radius 1 is 0.535 bits per heavy atom. The average molecular weight is 1530 g/mol. The van der Waals surface area contributed by atoms with Gasteiger partial charge in [0.15, 0.2) is 64.5 Å². The number of H-pyrrole nitrogens is 3. The normalized spacial score (nSPS) is 29.9. The van der Waals surface area contributed by atoms with Crippen molar-refractivity contribution in [2.45, 2.75) is 98.2 Å². The van der Waals surface area contributed by atoms with E-state index >= 15 is 0 Å². The number of rotatable bonds is 30. The molecule has 21 atom stereocenters. The second kappa shape index (κ2) is 29.2. The van der Waals surface area contributed by atoms with E-state index in [1.54, 1.807) is 0 Å². The van der Waals surface area contributed by atoms with Crippen LogP contribution in [0.25, 0.3) is 33.5 Å². The van der Waals surface area contributed by atoms with Gasteiger partial charge in [0.05, 0.1) is 45.4 Å². The van der Waals surface area contributed by atoms with Gasteiger partial charge in [-0.1, -0.05) is 6.58 Å². The number of ether oxygens (including phenoxy) is 7. The van der Waals surface area contributed by atoms with Crippen LogP contribution in [0.3, 0.4) is 0 Å². The molecule has 56 heteroatoms. The molecular weight excluding hydrogens is 1470 g/mol. The maximum atomic E-state index is 14.4. The Morgan fingerprint density at radius 2 is 0.960 bits per heavy atom. The number of aromatic nitrogens is 14. The number of imidazole rings is 3. The number of aliphatic hydroxyl groups is 3. The number of methoxy groups -OCH3 is 3. The molecule has 7 aromatic heterocycles. The third-order valence-electron chi connectivity index (χ3n) is 15.6. The molecule has 0 radical (unpaired) electrons. The monoisotopic (exact) mass is 1530 g/mol. The minimum Gasteiger partial charge on any atom is -0.387 e. The van der Waals surface area contributed by atoms with Gasteiger partial charge < -0.3 is 106 Å². The van der Waals surface area contributed by atoms with Crippen molar-refractivity contribution in [3.05, 3.63) is 69.1 Å². The number of nitrogens with two attached hydrogens (primary N) is 4. The van der Waals surface area contributed by atoms with Crippen LogP contribution in [-0.4, -0.2) is 243 Å². The standard InChI is InChI=1S/C45H63N20O31P5/c1-6-62(33-20(50-2)36(69)59-43(47)56-33)40-25(68)26(82-3)16(90-40)8-87-99(76,77)95-101(80,81)96-100(78,79)88-10-18-28(29(83-4)41(91-18)63-12-53-19-31(46)51-11-52-32(19)63)94-98(74,75)86-9-17-27(30(84-5)42(92-17)65-14-55-22-35(65)58-45(49)61-38(22)71)93-97(72,73)85-7-15-23(66)24(67)39(89-15)64-13-54-21-34(64)57-44(48)60-37(21)70/h6,11-18,23-30,39-42,50,66-68H,1,7-10H2,2-5H3,(H,72,73)(H,74,75)(H,76,77)(H,78,79)(H,80,81)(H2,46,51,52)(H3,47,56,59,69)(H3,48,57,60,70)(H3,49,58,61,71)/t15-,16-,17-,18-,23?,24?,25?,26?,27?,28?,29?,30?,39-,40-,41-,42-/m1/s1. The third-order valence-corrected chi connectivity index (χ3v) is 21.8. The molecule has 0 aromatic carbocycles. The molecule has 11 rings (SSSR count). The number of phosphoric ester groups is 4. The molecule has 13 unspecified atom stereocenters. The van der Waals surface area contributed by atoms with Gasteiger partial charge in [0, 0.05) is 34.6 Å². The number of aromatic amines is 3. The summed E-state index contributed by atoms with van der Waals surface area (Å²) in [7, 11) is -25.1. The van der Waals surface area contributed by atoms with E-state index in [0.29, 0.717) is 0 Å². The quantitative estimate of drug-likeness (QED) is 0.0191. The van der Waals surface area contributed by atoms with Crippen molar-refractivity contribution in [3.63, 3.8) is 0 Å². The van der Waals surface area contributed by atoms with E-state index < -0.39 is 186 Å². The van der Waals surface area contributed by atoms with Gasteiger partial charge in [-0.2, -0.15) is 23.6 Å². The molecule has 51 nitrogen and oxygen atoms in total. The van der Waals surface area contributed by atoms with E-state index in [0.717, 1.165) is 71.4 Å². The minimum atomic E-state index is -6.31. The molecule has 101 heavy (non-hydrogen) atoms. The molecule has 0 bridgehead atoms. The van der Waals surface area contributed by atoms with Crippen molar-refractivity contribution in [1.29, 1.82) is 0 Å². The van der Waals surface area contributed by atoms with Gasteiger partial charge in [0.1, 0.15) is 90.8 Å². The predicted octanol–water partition coefficient (Wildman–Crippen LogP) is -3.89. The van der Waals surface area contributed by atoms with Crippen LogP contribution < -0.4 is 49.8 Å². The number of hydrogen-bond donors (Lipinski definition) is 16. The maximum absolute atomic E-state index is 14.4. The van der Waals surface area contributed by atoms with Gasteiger partial charge in [-0.25, -0.2) is 47.7 Å². The summed E-state index contributed by atoms with van der Waals surface area (Å²) in [6.07, 6.45) is -22.2. The summed E-state index contributed by atoms with van der Waals surface area (Å²) in [4.78, 5) is 133. The van der Waals surface area contributed by atoms with Crippen LogP contribution in [0.1, 0.15) is 18.7 Å². The molecule has 4 aliphatic heterocycles. The van der Waals surface area contributed by atoms with E-state index in [1.807, 2.05) is 0 Å². The molecule has 0 spiro atoms. The molecular formula is C45H63N20O31P5. The fraction of sp³-hybridized carbons (Fsp3) is 0.533. The van der Waals surface area contributed by atoms with Crippen LogP contribution in [0.15, 0.2) is 52.5 Å². The molecule has 0 aliphatic carbocycles. The smallest absolute Gasteiger partial charge is 0.387 e. The number of nitrogen functional groups attached to an aromatic ring is 4. The first-order valence-electron chi connectivity index (χ1n) is 28.7. The van der Waals surface area contributed by atoms with Crippen LogP contribution in [0.4, 0.5) is 35.2 Å². The highest BCUT2D eigenvalue weighted by Crippen LogP contribution is 2.68. The second-order valence-corrected chi connectivity index (χ2v) is 29.2. The zero-order chi connectivity index (χ0) is 73.2. The summed E-state index contributed by atoms with van der Waals surface area (Å²) < 4.78 is 153. The zero-order valence-electron chi connectivity index (χ0n) is 52.0. The summed E-state index contributed by atoms with van der Waals surface area (Å²) in [5, 5.41) is 35.9. The molecule has 0 amide bonds. The number of aliphatic hydroxyl groups excluding tert-OH is 3. The highest BCUT2D eigenvalue weighted by molar-refractivity contribution is 7.66. The predicted molar refractivity (Wildman–Crippen MR) is 332 cm³/mol. The molecule has 554 valence electrons. The van der Waals surface area contributed by atoms with E-state index in [2.05, 4.69) is 75.3 Å². The van der Waals surface area contributed by atoms with Crippen molar-refractivity contribution in [1.82, 2.24) is 68.5 Å². The van der Waals surface area contributed by atoms with Gasteiger partial charge in [0.2, 0.25) is 17.8 Å². The van der Waals surface area contributed by atoms with Crippen LogP contribution >= 0.6 is 39.1 Å². The van der Waals surface area contributed by atoms with Crippen molar-refractivity contribution in [2.75, 3.05) is 88.0 Å². The van der Waals surface area contributed by atoms with E-state index in [9.17, 15) is 77.0 Å². The van der Waals surface area contributed by atoms with Crippen molar-refractivity contribution in [2.24, 2.45) is 0 Å². The van der Waals surface area contributed by atoms with Gasteiger partial charge in [0.25, 0.3) is 16.7 Å². The molecule has 4 aliphatic rings. The topological polar surface area (TPSA) is 721 Å². The first-order valence-corrected chi connectivity index (χ1v) is 36.2. The van der Waals surface area contributed by atoms with Crippen molar-refractivity contribution in [3.8, 4) is 0 Å². The lowest BCUT2D eigenvalue weighted by Crippen LogP contribution is -2.43. The number of fused-ring (bicyclic) bond motifs is 3. The first-order chi connectivity index (χ1) is 47.6. The Morgan fingerprint density at radius 3 is 1.45 bits per heavy atom. The zero-order valence-corrected chi connectivity index (χ0v) is 56.5. The van der Waals surface area contributed by atoms with E-state index in [-0.39, 0.29) is 62.7 Å². The lowest BCUT2D eigenvalue weighted by molar-refractivity contribution is -0.0631. The third kappa shape index (κ3) is 15.6. The van der Waals surface area contributed by atoms with Gasteiger partial charge in [-0.15, -0.1) is 0 Å². The van der Waals surface area contributed by atoms with E-state index in [4.69, 9.17) is 83.2 Å². The maximum Gasteiger partial charge on any atom is 0.490 e. The Hall–Kier alpha value is -7.10. The molecule has 7 aromatic rings. The van der Waals surface area contributed by atoms with Gasteiger partial charge in [-0.05, 0) is 0 Å². The highest BCUT2D eigenvalue weighted by Gasteiger charge is 2.56. The Labute approximate surface area is 561 Å². The first kappa shape index (κ1) is 75.1. The summed E-state index contributed by atoms with van der Waals surface area (Å²) in [5.74, 6) is -1.47. The summed E-state index contributed by atoms with van der Waals surface area (Å²) in [6, 6.07) is 0. The fourth-order valence-corrected chi connectivity index (χ4v) is 16.7. The second-order valence-electron chi connectivity index (χ2n) is 21.8. The van der Waals surface area contributed by atoms with Gasteiger partial charge in [-0.3, -0.25) is 70.2 Å². The highest BCUT2D eigenvalue weighted by atomic mass is 31.3. The molecule has 0 saturated carbocycles. The summed E-state index contributed by atoms with van der Waals surface area (Å²) in [5.41, 5.74) is 19.8. The Kier molecular flexibility index (Phi) is 21.7. The van der Waals surface area contributed by atoms with E-state index in [1.165, 1.54) is 7.05 Å². The molecule has 20 N–H and O–H groups in total. The van der Waals surface area contributed by atoms with Crippen LogP contribution in [0, 0.1) is 0 Å². The van der Waals surface area contributed by atoms with Gasteiger partial charge >= 0.3 is 39.1 Å². The van der Waals surface area contributed by atoms with Crippen LogP contribution in [0.2, 0.25) is 0 Å². The van der Waals surface area contributed by atoms with Crippen molar-refractivity contribution < 1.29 is 132 Å². The molecule has 4 fully saturated rings. The van der Waals surface area contributed by atoms with Crippen LogP contribution in [-0.2, 0) is 91.7 Å². The Bertz CT molecular complexity index is 4680. The Balaban J connectivity index is 0.795. The minimum absolute atomic E-state index is 0.0192. The fourth-order valence-electron chi connectivity index (χ4n) is 11.2. The number of hydrogen-bond acceptors (Lipinski definition) is 40. The summed E-state index contributed by atoms with van der Waals surface area (Å²) >= 11 is 0. The number of phosphoric acid groups is 5. The summed E-state index contributed by atoms with van der Waals surface area (Å²) in [6.45, 7) is -1.06. The average Bonchev–Trinajstić information content (AvgIpc) is 1.63. The molecule has 11 heterocycles. The SMILES string of the molecule is C=CN(c1nc(N)[nH]c(=O)c1NC)[C@@H]1O[C@H](COP(=O)(O)OP(=O)(O)OP(=O)(O)OC[C@H]2O[C@@H](n3cnc4c(N)ncnc43)C(OC)C2OP(=O)(O)OC[C@H]2O[C@@H](n3cnc4c(=O)[nH]c(N)nc43)C(OC)C2OP(=O)(O)OC[C@H]2O[C@@H](n3cnc4c(=O)[nH]c(N)nc43)C(O)C2O)C(OC)C1O. The molecule has 4 saturated heterocycles. The number of nitrogens with one attached hydrogen (secondary N) is 4. The largest absolute Gasteiger partial charge is 0.490 e. The van der Waals surface area contributed by atoms with Crippen LogP contribution in [0.5, 0.6) is 0 Å².